The Morgan fingerprint density at radius 1 is 1.16 bits per heavy atom. The van der Waals surface area contributed by atoms with Crippen LogP contribution in [0.25, 0.3) is 0 Å². The zero-order chi connectivity index (χ0) is 13.7. The molecule has 3 N–H and O–H groups in total. The number of aryl methyl sites for hydroxylation is 1. The summed E-state index contributed by atoms with van der Waals surface area (Å²) in [6, 6.07) is 8.10. The number of hydrogen-bond acceptors (Lipinski definition) is 3. The van der Waals surface area contributed by atoms with Crippen LogP contribution >= 0.6 is 34.5 Å². The van der Waals surface area contributed by atoms with E-state index >= 15 is 0 Å². The topological polar surface area (TPSA) is 38.0 Å². The van der Waals surface area contributed by atoms with Gasteiger partial charge in [0.25, 0.3) is 0 Å². The number of nitrogens with two attached hydrogens (primary N) is 1. The normalized spacial score (nSPS) is 12.6. The standard InChI is InChI=1S/C14H16Cl2N2S/c15-13-4-2-11(8-14(13)16)7-12(18-17)3-1-10-5-6-19-9-10/h2,4-6,8-9,12,18H,1,3,7,17H2. The van der Waals surface area contributed by atoms with E-state index in [4.69, 9.17) is 29.0 Å². The summed E-state index contributed by atoms with van der Waals surface area (Å²) in [5, 5.41) is 5.44. The summed E-state index contributed by atoms with van der Waals surface area (Å²) in [5.41, 5.74) is 5.38. The molecule has 0 amide bonds. The maximum atomic E-state index is 6.02. The fourth-order valence-corrected chi connectivity index (χ4v) is 3.00. The van der Waals surface area contributed by atoms with Crippen molar-refractivity contribution in [2.75, 3.05) is 0 Å². The number of halogens is 2. The zero-order valence-electron chi connectivity index (χ0n) is 10.4. The van der Waals surface area contributed by atoms with Gasteiger partial charge in [-0.3, -0.25) is 11.3 Å². The molecule has 0 aliphatic carbocycles. The van der Waals surface area contributed by atoms with Crippen molar-refractivity contribution >= 4 is 34.5 Å². The molecule has 0 saturated heterocycles. The van der Waals surface area contributed by atoms with Crippen molar-refractivity contribution in [2.24, 2.45) is 5.84 Å². The van der Waals surface area contributed by atoms with Crippen LogP contribution in [0.1, 0.15) is 17.5 Å². The number of hydrazine groups is 1. The van der Waals surface area contributed by atoms with E-state index in [2.05, 4.69) is 22.3 Å². The lowest BCUT2D eigenvalue weighted by Gasteiger charge is -2.16. The Bertz CT molecular complexity index is 514. The molecule has 0 bridgehead atoms. The second-order valence-corrected chi connectivity index (χ2v) is 6.08. The maximum Gasteiger partial charge on any atom is 0.0595 e. The highest BCUT2D eigenvalue weighted by Gasteiger charge is 2.09. The van der Waals surface area contributed by atoms with Crippen molar-refractivity contribution in [3.05, 3.63) is 56.2 Å². The van der Waals surface area contributed by atoms with Crippen LogP contribution in [-0.4, -0.2) is 6.04 Å². The largest absolute Gasteiger partial charge is 0.271 e. The average Bonchev–Trinajstić information content (AvgIpc) is 2.92. The highest BCUT2D eigenvalue weighted by Crippen LogP contribution is 2.23. The third-order valence-electron chi connectivity index (χ3n) is 3.06. The van der Waals surface area contributed by atoms with Crippen LogP contribution in [0.15, 0.2) is 35.0 Å². The average molecular weight is 315 g/mol. The molecule has 0 radical (unpaired) electrons. The van der Waals surface area contributed by atoms with Gasteiger partial charge in [0.05, 0.1) is 10.0 Å². The van der Waals surface area contributed by atoms with Gasteiger partial charge >= 0.3 is 0 Å². The maximum absolute atomic E-state index is 6.02. The van der Waals surface area contributed by atoms with E-state index in [9.17, 15) is 0 Å². The molecule has 1 heterocycles. The van der Waals surface area contributed by atoms with E-state index in [-0.39, 0.29) is 6.04 Å². The first-order chi connectivity index (χ1) is 9.19. The molecule has 0 fully saturated rings. The van der Waals surface area contributed by atoms with E-state index in [1.807, 2.05) is 18.2 Å². The highest BCUT2D eigenvalue weighted by molar-refractivity contribution is 7.07. The van der Waals surface area contributed by atoms with Gasteiger partial charge in [-0.15, -0.1) is 0 Å². The van der Waals surface area contributed by atoms with E-state index in [0.717, 1.165) is 24.8 Å². The highest BCUT2D eigenvalue weighted by atomic mass is 35.5. The molecule has 1 unspecified atom stereocenters. The number of rotatable bonds is 6. The predicted octanol–water partition coefficient (Wildman–Crippen LogP) is 4.06. The third kappa shape index (κ3) is 4.48. The Balaban J connectivity index is 1.92. The van der Waals surface area contributed by atoms with Gasteiger partial charge in [0.15, 0.2) is 0 Å². The van der Waals surface area contributed by atoms with Crippen molar-refractivity contribution < 1.29 is 0 Å². The Hall–Kier alpha value is -0.580. The summed E-state index contributed by atoms with van der Waals surface area (Å²) in [5.74, 6) is 5.62. The van der Waals surface area contributed by atoms with Crippen LogP contribution in [0.5, 0.6) is 0 Å². The number of hydrogen-bond donors (Lipinski definition) is 2. The first-order valence-electron chi connectivity index (χ1n) is 6.10. The number of thiophene rings is 1. The predicted molar refractivity (Wildman–Crippen MR) is 83.9 cm³/mol. The Kier molecular flexibility index (Phi) is 5.67. The summed E-state index contributed by atoms with van der Waals surface area (Å²) in [6.45, 7) is 0. The molecule has 1 atom stereocenters. The molecule has 0 aliphatic heterocycles. The van der Waals surface area contributed by atoms with Gasteiger partial charge in [0.1, 0.15) is 0 Å². The number of benzene rings is 1. The molecule has 1 aromatic carbocycles. The van der Waals surface area contributed by atoms with Gasteiger partial charge in [-0.1, -0.05) is 29.3 Å². The first-order valence-corrected chi connectivity index (χ1v) is 7.80. The molecule has 0 spiro atoms. The van der Waals surface area contributed by atoms with Crippen molar-refractivity contribution in [3.63, 3.8) is 0 Å². The van der Waals surface area contributed by atoms with Gasteiger partial charge < -0.3 is 0 Å². The van der Waals surface area contributed by atoms with Crippen LogP contribution in [0.3, 0.4) is 0 Å². The summed E-state index contributed by atoms with van der Waals surface area (Å²) in [4.78, 5) is 0. The second kappa shape index (κ2) is 7.27. The molecule has 0 aliphatic rings. The molecular formula is C14H16Cl2N2S. The van der Waals surface area contributed by atoms with Crippen LogP contribution in [0.2, 0.25) is 10.0 Å². The third-order valence-corrected chi connectivity index (χ3v) is 4.53. The van der Waals surface area contributed by atoms with E-state index in [1.165, 1.54) is 5.56 Å². The molecule has 2 nitrogen and oxygen atoms in total. The molecule has 102 valence electrons. The SMILES string of the molecule is NNC(CCc1ccsc1)Cc1ccc(Cl)c(Cl)c1. The van der Waals surface area contributed by atoms with Gasteiger partial charge in [-0.25, -0.2) is 0 Å². The minimum absolute atomic E-state index is 0.233. The second-order valence-electron chi connectivity index (χ2n) is 4.49. The lowest BCUT2D eigenvalue weighted by molar-refractivity contribution is 0.491. The quantitative estimate of drug-likeness (QED) is 0.623. The van der Waals surface area contributed by atoms with Gasteiger partial charge in [-0.2, -0.15) is 11.3 Å². The summed E-state index contributed by atoms with van der Waals surface area (Å²) in [6.07, 6.45) is 2.87. The van der Waals surface area contributed by atoms with Crippen molar-refractivity contribution in [1.29, 1.82) is 0 Å². The zero-order valence-corrected chi connectivity index (χ0v) is 12.7. The lowest BCUT2D eigenvalue weighted by atomic mass is 10.0. The van der Waals surface area contributed by atoms with Crippen LogP contribution in [-0.2, 0) is 12.8 Å². The molecule has 19 heavy (non-hydrogen) atoms. The van der Waals surface area contributed by atoms with E-state index in [0.29, 0.717) is 10.0 Å². The Morgan fingerprint density at radius 3 is 2.63 bits per heavy atom. The molecular weight excluding hydrogens is 299 g/mol. The first kappa shape index (κ1) is 14.8. The van der Waals surface area contributed by atoms with E-state index in [1.54, 1.807) is 11.3 Å². The lowest BCUT2D eigenvalue weighted by Crippen LogP contribution is -2.37. The molecule has 5 heteroatoms. The van der Waals surface area contributed by atoms with Crippen molar-refractivity contribution in [3.8, 4) is 0 Å². The van der Waals surface area contributed by atoms with Crippen LogP contribution < -0.4 is 11.3 Å². The molecule has 2 aromatic rings. The van der Waals surface area contributed by atoms with Gasteiger partial charge in [0.2, 0.25) is 0 Å². The summed E-state index contributed by atoms with van der Waals surface area (Å²) < 4.78 is 0. The molecule has 1 aromatic heterocycles. The van der Waals surface area contributed by atoms with Crippen LogP contribution in [0, 0.1) is 0 Å². The minimum Gasteiger partial charge on any atom is -0.271 e. The smallest absolute Gasteiger partial charge is 0.0595 e. The van der Waals surface area contributed by atoms with Gasteiger partial charge in [-0.05, 0) is 59.3 Å². The van der Waals surface area contributed by atoms with Crippen molar-refractivity contribution in [2.45, 2.75) is 25.3 Å². The summed E-state index contributed by atoms with van der Waals surface area (Å²) >= 11 is 13.6. The van der Waals surface area contributed by atoms with E-state index < -0.39 is 0 Å². The fraction of sp³-hybridized carbons (Fsp3) is 0.286. The monoisotopic (exact) mass is 314 g/mol. The van der Waals surface area contributed by atoms with Gasteiger partial charge in [0, 0.05) is 6.04 Å². The summed E-state index contributed by atoms with van der Waals surface area (Å²) in [7, 11) is 0. The Labute approximate surface area is 127 Å². The van der Waals surface area contributed by atoms with Crippen molar-refractivity contribution in [1.82, 2.24) is 5.43 Å². The Morgan fingerprint density at radius 2 is 2.00 bits per heavy atom. The molecule has 2 rings (SSSR count). The molecule has 0 saturated carbocycles. The fourth-order valence-electron chi connectivity index (χ4n) is 1.97. The minimum atomic E-state index is 0.233. The number of nitrogens with one attached hydrogen (secondary N) is 1. The van der Waals surface area contributed by atoms with Crippen LogP contribution in [0.4, 0.5) is 0 Å².